The standard InChI is InChI=1S/C22H29N3O2/c1-5-25(6-2)22(27)17-10-9-11-18(14-17)24-21(26)15-23-20-13-8-7-12-19(20)16(3)4/h7-14,16,23H,5-6,15H2,1-4H3,(H,24,26). The summed E-state index contributed by atoms with van der Waals surface area (Å²) in [6, 6.07) is 15.1. The fraction of sp³-hybridized carbons (Fsp3) is 0.364. The minimum absolute atomic E-state index is 0.0277. The summed E-state index contributed by atoms with van der Waals surface area (Å²) in [6.45, 7) is 9.63. The van der Waals surface area contributed by atoms with Gasteiger partial charge in [0.25, 0.3) is 5.91 Å². The van der Waals surface area contributed by atoms with Crippen molar-refractivity contribution in [3.63, 3.8) is 0 Å². The van der Waals surface area contributed by atoms with Gasteiger partial charge in [0.05, 0.1) is 6.54 Å². The van der Waals surface area contributed by atoms with Crippen LogP contribution in [0.2, 0.25) is 0 Å². The predicted molar refractivity (Wildman–Crippen MR) is 111 cm³/mol. The number of nitrogens with zero attached hydrogens (tertiary/aromatic N) is 1. The number of anilines is 2. The monoisotopic (exact) mass is 367 g/mol. The van der Waals surface area contributed by atoms with Crippen LogP contribution in [0.5, 0.6) is 0 Å². The van der Waals surface area contributed by atoms with Crippen LogP contribution in [-0.2, 0) is 4.79 Å². The number of hydrogen-bond donors (Lipinski definition) is 2. The van der Waals surface area contributed by atoms with Gasteiger partial charge in [-0.05, 0) is 49.6 Å². The lowest BCUT2D eigenvalue weighted by molar-refractivity contribution is -0.114. The van der Waals surface area contributed by atoms with Crippen LogP contribution < -0.4 is 10.6 Å². The van der Waals surface area contributed by atoms with Crippen molar-refractivity contribution < 1.29 is 9.59 Å². The molecule has 2 aromatic rings. The summed E-state index contributed by atoms with van der Waals surface area (Å²) in [7, 11) is 0. The zero-order chi connectivity index (χ0) is 19.8. The maximum Gasteiger partial charge on any atom is 0.253 e. The van der Waals surface area contributed by atoms with Crippen molar-refractivity contribution in [3.05, 3.63) is 59.7 Å². The second kappa shape index (κ2) is 9.76. The van der Waals surface area contributed by atoms with Gasteiger partial charge in [-0.3, -0.25) is 9.59 Å². The van der Waals surface area contributed by atoms with E-state index < -0.39 is 0 Å². The number of carbonyl (C=O) groups is 2. The lowest BCUT2D eigenvalue weighted by Crippen LogP contribution is -2.30. The Morgan fingerprint density at radius 1 is 1.00 bits per heavy atom. The first kappa shape index (κ1) is 20.5. The first-order valence-corrected chi connectivity index (χ1v) is 9.48. The van der Waals surface area contributed by atoms with Crippen LogP contribution >= 0.6 is 0 Å². The molecule has 0 aliphatic heterocycles. The summed E-state index contributed by atoms with van der Waals surface area (Å²) >= 11 is 0. The molecule has 0 spiro atoms. The third-order valence-electron chi connectivity index (χ3n) is 4.47. The van der Waals surface area contributed by atoms with Crippen molar-refractivity contribution in [1.29, 1.82) is 0 Å². The quantitative estimate of drug-likeness (QED) is 0.729. The topological polar surface area (TPSA) is 61.4 Å². The van der Waals surface area contributed by atoms with E-state index >= 15 is 0 Å². The maximum absolute atomic E-state index is 12.5. The normalized spacial score (nSPS) is 10.6. The highest BCUT2D eigenvalue weighted by molar-refractivity contribution is 5.98. The van der Waals surface area contributed by atoms with Crippen LogP contribution in [0.3, 0.4) is 0 Å². The Kier molecular flexibility index (Phi) is 7.41. The van der Waals surface area contributed by atoms with E-state index in [2.05, 4.69) is 30.5 Å². The average Bonchev–Trinajstić information content (AvgIpc) is 2.67. The van der Waals surface area contributed by atoms with E-state index in [4.69, 9.17) is 0 Å². The van der Waals surface area contributed by atoms with E-state index in [1.165, 1.54) is 5.56 Å². The minimum atomic E-state index is -0.152. The number of benzene rings is 2. The Morgan fingerprint density at radius 3 is 2.37 bits per heavy atom. The van der Waals surface area contributed by atoms with Crippen molar-refractivity contribution in [3.8, 4) is 0 Å². The lowest BCUT2D eigenvalue weighted by atomic mass is 10.0. The highest BCUT2D eigenvalue weighted by Gasteiger charge is 2.13. The molecule has 2 amide bonds. The molecule has 2 N–H and O–H groups in total. The van der Waals surface area contributed by atoms with Crippen LogP contribution in [0.4, 0.5) is 11.4 Å². The smallest absolute Gasteiger partial charge is 0.253 e. The average molecular weight is 367 g/mol. The molecule has 0 aliphatic rings. The van der Waals surface area contributed by atoms with Crippen molar-refractivity contribution in [2.45, 2.75) is 33.6 Å². The largest absolute Gasteiger partial charge is 0.376 e. The molecule has 0 bridgehead atoms. The van der Waals surface area contributed by atoms with E-state index in [0.29, 0.717) is 30.3 Å². The van der Waals surface area contributed by atoms with Gasteiger partial charge < -0.3 is 15.5 Å². The molecule has 144 valence electrons. The van der Waals surface area contributed by atoms with Gasteiger partial charge in [-0.1, -0.05) is 38.1 Å². The Balaban J connectivity index is 2.00. The molecule has 0 radical (unpaired) electrons. The van der Waals surface area contributed by atoms with Gasteiger partial charge in [0.1, 0.15) is 0 Å². The second-order valence-electron chi connectivity index (χ2n) is 6.70. The fourth-order valence-electron chi connectivity index (χ4n) is 2.97. The molecule has 2 aromatic carbocycles. The van der Waals surface area contributed by atoms with E-state index in [1.54, 1.807) is 29.2 Å². The van der Waals surface area contributed by atoms with Gasteiger partial charge in [-0.25, -0.2) is 0 Å². The number of nitrogens with one attached hydrogen (secondary N) is 2. The summed E-state index contributed by atoms with van der Waals surface area (Å²) in [5.74, 6) is 0.195. The van der Waals surface area contributed by atoms with Crippen molar-refractivity contribution in [1.82, 2.24) is 4.90 Å². The molecule has 0 atom stereocenters. The molecular formula is C22H29N3O2. The Bertz CT molecular complexity index is 783. The number of hydrogen-bond acceptors (Lipinski definition) is 3. The third-order valence-corrected chi connectivity index (χ3v) is 4.47. The molecule has 0 saturated carbocycles. The molecule has 0 fully saturated rings. The van der Waals surface area contributed by atoms with E-state index in [9.17, 15) is 9.59 Å². The Labute approximate surface area is 161 Å². The van der Waals surface area contributed by atoms with Crippen molar-refractivity contribution in [2.24, 2.45) is 0 Å². The van der Waals surface area contributed by atoms with E-state index in [1.807, 2.05) is 32.0 Å². The molecule has 0 unspecified atom stereocenters. The van der Waals surface area contributed by atoms with Crippen molar-refractivity contribution >= 4 is 23.2 Å². The number of para-hydroxylation sites is 1. The first-order valence-electron chi connectivity index (χ1n) is 9.48. The van der Waals surface area contributed by atoms with Crippen LogP contribution in [0, 0.1) is 0 Å². The van der Waals surface area contributed by atoms with E-state index in [0.717, 1.165) is 5.69 Å². The van der Waals surface area contributed by atoms with Crippen molar-refractivity contribution in [2.75, 3.05) is 30.3 Å². The zero-order valence-corrected chi connectivity index (χ0v) is 16.6. The van der Waals surface area contributed by atoms with Gasteiger partial charge in [0.15, 0.2) is 0 Å². The molecule has 0 heterocycles. The minimum Gasteiger partial charge on any atom is -0.376 e. The molecule has 27 heavy (non-hydrogen) atoms. The zero-order valence-electron chi connectivity index (χ0n) is 16.6. The summed E-state index contributed by atoms with van der Waals surface area (Å²) in [6.07, 6.45) is 0. The molecule has 2 rings (SSSR count). The van der Waals surface area contributed by atoms with Gasteiger partial charge in [0, 0.05) is 30.0 Å². The number of amides is 2. The Morgan fingerprint density at radius 2 is 1.70 bits per heavy atom. The second-order valence-corrected chi connectivity index (χ2v) is 6.70. The summed E-state index contributed by atoms with van der Waals surface area (Å²) in [5, 5.41) is 6.06. The summed E-state index contributed by atoms with van der Waals surface area (Å²) in [4.78, 5) is 26.5. The highest BCUT2D eigenvalue weighted by atomic mass is 16.2. The maximum atomic E-state index is 12.5. The fourth-order valence-corrected chi connectivity index (χ4v) is 2.97. The molecule has 0 aromatic heterocycles. The van der Waals surface area contributed by atoms with Gasteiger partial charge in [-0.15, -0.1) is 0 Å². The molecule has 0 aliphatic carbocycles. The first-order chi connectivity index (χ1) is 13.0. The van der Waals surface area contributed by atoms with Crippen LogP contribution in [-0.4, -0.2) is 36.3 Å². The highest BCUT2D eigenvalue weighted by Crippen LogP contribution is 2.23. The SMILES string of the molecule is CCN(CC)C(=O)c1cccc(NC(=O)CNc2ccccc2C(C)C)c1. The predicted octanol–water partition coefficient (Wildman–Crippen LogP) is 4.34. The number of carbonyl (C=O) groups excluding carboxylic acids is 2. The molecular weight excluding hydrogens is 338 g/mol. The Hall–Kier alpha value is -2.82. The van der Waals surface area contributed by atoms with Crippen LogP contribution in [0.1, 0.15) is 49.5 Å². The van der Waals surface area contributed by atoms with Gasteiger partial charge >= 0.3 is 0 Å². The van der Waals surface area contributed by atoms with E-state index in [-0.39, 0.29) is 18.4 Å². The lowest BCUT2D eigenvalue weighted by Gasteiger charge is -2.19. The molecule has 0 saturated heterocycles. The van der Waals surface area contributed by atoms with Crippen LogP contribution in [0.15, 0.2) is 48.5 Å². The van der Waals surface area contributed by atoms with Gasteiger partial charge in [-0.2, -0.15) is 0 Å². The molecule has 5 heteroatoms. The van der Waals surface area contributed by atoms with Crippen LogP contribution in [0.25, 0.3) is 0 Å². The summed E-state index contributed by atoms with van der Waals surface area (Å²) < 4.78 is 0. The molecule has 5 nitrogen and oxygen atoms in total. The summed E-state index contributed by atoms with van der Waals surface area (Å²) in [5.41, 5.74) is 3.34. The number of rotatable bonds is 8. The van der Waals surface area contributed by atoms with Gasteiger partial charge in [0.2, 0.25) is 5.91 Å². The third kappa shape index (κ3) is 5.58.